The second-order valence-electron chi connectivity index (χ2n) is 3.99. The van der Waals surface area contributed by atoms with Gasteiger partial charge in [-0.2, -0.15) is 0 Å². The highest BCUT2D eigenvalue weighted by Gasteiger charge is 2.16. The molecule has 1 N–H and O–H groups in total. The lowest BCUT2D eigenvalue weighted by Gasteiger charge is -2.16. The maximum atomic E-state index is 11.7. The first-order valence-corrected chi connectivity index (χ1v) is 5.42. The quantitative estimate of drug-likeness (QED) is 0.808. The zero-order chi connectivity index (χ0) is 11.5. The van der Waals surface area contributed by atoms with Crippen LogP contribution in [-0.4, -0.2) is 29.8 Å². The van der Waals surface area contributed by atoms with E-state index in [4.69, 9.17) is 9.47 Å². The summed E-state index contributed by atoms with van der Waals surface area (Å²) in [6, 6.07) is 0. The molecule has 0 aliphatic carbocycles. The van der Waals surface area contributed by atoms with Crippen LogP contribution in [-0.2, 0) is 28.9 Å². The minimum atomic E-state index is -0.0806. The van der Waals surface area contributed by atoms with Crippen LogP contribution in [0.5, 0.6) is 0 Å². The van der Waals surface area contributed by atoms with Crippen molar-refractivity contribution in [2.75, 3.05) is 13.7 Å². The summed E-state index contributed by atoms with van der Waals surface area (Å²) in [4.78, 5) is 19.0. The van der Waals surface area contributed by atoms with E-state index >= 15 is 0 Å². The van der Waals surface area contributed by atoms with E-state index in [0.29, 0.717) is 37.4 Å². The summed E-state index contributed by atoms with van der Waals surface area (Å²) in [7, 11) is 1.65. The molecule has 2 rings (SSSR count). The first-order valence-electron chi connectivity index (χ1n) is 5.42. The summed E-state index contributed by atoms with van der Waals surface area (Å²) in [5.74, 6) is 0.694. The van der Waals surface area contributed by atoms with Gasteiger partial charge in [0.05, 0.1) is 30.6 Å². The van der Waals surface area contributed by atoms with Gasteiger partial charge in [-0.15, -0.1) is 0 Å². The molecule has 0 amide bonds. The van der Waals surface area contributed by atoms with Crippen LogP contribution in [0, 0.1) is 0 Å². The van der Waals surface area contributed by atoms with Gasteiger partial charge < -0.3 is 14.5 Å². The maximum Gasteiger partial charge on any atom is 0.256 e. The molecule has 2 heterocycles. The van der Waals surface area contributed by atoms with Crippen molar-refractivity contribution in [2.45, 2.75) is 32.5 Å². The van der Waals surface area contributed by atoms with E-state index < -0.39 is 0 Å². The average Bonchev–Trinajstić information content (AvgIpc) is 2.29. The van der Waals surface area contributed by atoms with E-state index in [1.165, 1.54) is 0 Å². The van der Waals surface area contributed by atoms with Crippen LogP contribution in [0.2, 0.25) is 0 Å². The molecule has 16 heavy (non-hydrogen) atoms. The van der Waals surface area contributed by atoms with Crippen LogP contribution in [0.25, 0.3) is 0 Å². The number of ether oxygens (including phenoxy) is 2. The number of aromatic nitrogens is 2. The Morgan fingerprint density at radius 1 is 1.62 bits per heavy atom. The van der Waals surface area contributed by atoms with Crippen LogP contribution >= 0.6 is 0 Å². The lowest BCUT2D eigenvalue weighted by Crippen LogP contribution is -2.26. The predicted octanol–water partition coefficient (Wildman–Crippen LogP) is 0.420. The second-order valence-corrected chi connectivity index (χ2v) is 3.99. The van der Waals surface area contributed by atoms with Gasteiger partial charge >= 0.3 is 0 Å². The highest BCUT2D eigenvalue weighted by Crippen LogP contribution is 2.10. The molecule has 0 saturated heterocycles. The first-order chi connectivity index (χ1) is 7.70. The zero-order valence-corrected chi connectivity index (χ0v) is 9.58. The number of hydrogen-bond donors (Lipinski definition) is 1. The Hall–Kier alpha value is -1.20. The number of nitrogens with zero attached hydrogens (tertiary/aromatic N) is 1. The number of rotatable bonds is 3. The van der Waals surface area contributed by atoms with Gasteiger partial charge in [-0.05, 0) is 6.92 Å². The van der Waals surface area contributed by atoms with Crippen molar-refractivity contribution in [2.24, 2.45) is 0 Å². The Morgan fingerprint density at radius 2 is 2.44 bits per heavy atom. The number of fused-ring (bicyclic) bond motifs is 1. The molecule has 5 nitrogen and oxygen atoms in total. The van der Waals surface area contributed by atoms with Gasteiger partial charge in [0.15, 0.2) is 0 Å². The molecule has 1 aliphatic heterocycles. The minimum absolute atomic E-state index is 0.0565. The van der Waals surface area contributed by atoms with E-state index in [9.17, 15) is 4.79 Å². The Bertz CT molecular complexity index is 428. The molecule has 0 bridgehead atoms. The lowest BCUT2D eigenvalue weighted by molar-refractivity contribution is 0.106. The highest BCUT2D eigenvalue weighted by molar-refractivity contribution is 5.19. The maximum absolute atomic E-state index is 11.7. The summed E-state index contributed by atoms with van der Waals surface area (Å²) >= 11 is 0. The average molecular weight is 224 g/mol. The van der Waals surface area contributed by atoms with E-state index in [1.54, 1.807) is 7.11 Å². The largest absolute Gasteiger partial charge is 0.381 e. The molecule has 5 heteroatoms. The van der Waals surface area contributed by atoms with Gasteiger partial charge in [0.2, 0.25) is 0 Å². The standard InChI is InChI=1S/C11H16N2O3/c1-7(15-2)5-10-12-9-3-4-16-6-8(9)11(14)13-10/h7H,3-6H2,1-2H3,(H,12,13,14). The van der Waals surface area contributed by atoms with E-state index in [2.05, 4.69) is 9.97 Å². The Balaban J connectivity index is 2.28. The predicted molar refractivity (Wildman–Crippen MR) is 58.4 cm³/mol. The summed E-state index contributed by atoms with van der Waals surface area (Å²) in [6.07, 6.45) is 1.40. The molecule has 0 aromatic carbocycles. The fraction of sp³-hybridized carbons (Fsp3) is 0.636. The molecule has 1 aliphatic rings. The van der Waals surface area contributed by atoms with Crippen molar-refractivity contribution in [1.29, 1.82) is 0 Å². The summed E-state index contributed by atoms with van der Waals surface area (Å²) in [5, 5.41) is 0. The van der Waals surface area contributed by atoms with Crippen molar-refractivity contribution in [3.05, 3.63) is 27.4 Å². The SMILES string of the molecule is COC(C)Cc1nc2c(c(=O)[nH]1)COCC2. The van der Waals surface area contributed by atoms with Gasteiger partial charge in [-0.1, -0.05) is 0 Å². The Morgan fingerprint density at radius 3 is 3.19 bits per heavy atom. The Labute approximate surface area is 93.8 Å². The Kier molecular flexibility index (Phi) is 3.36. The number of nitrogens with one attached hydrogen (secondary N) is 1. The third-order valence-electron chi connectivity index (χ3n) is 2.76. The fourth-order valence-corrected chi connectivity index (χ4v) is 1.75. The number of aromatic amines is 1. The fourth-order valence-electron chi connectivity index (χ4n) is 1.75. The van der Waals surface area contributed by atoms with Crippen LogP contribution in [0.4, 0.5) is 0 Å². The van der Waals surface area contributed by atoms with Crippen LogP contribution < -0.4 is 5.56 Å². The summed E-state index contributed by atoms with van der Waals surface area (Å²) in [6.45, 7) is 2.96. The number of methoxy groups -OCH3 is 1. The molecule has 0 radical (unpaired) electrons. The van der Waals surface area contributed by atoms with E-state index in [0.717, 1.165) is 5.69 Å². The van der Waals surface area contributed by atoms with Crippen molar-refractivity contribution in [3.63, 3.8) is 0 Å². The highest BCUT2D eigenvalue weighted by atomic mass is 16.5. The molecule has 0 fully saturated rings. The van der Waals surface area contributed by atoms with Gasteiger partial charge in [0, 0.05) is 20.0 Å². The molecule has 1 aromatic heterocycles. The normalized spacial score (nSPS) is 16.9. The van der Waals surface area contributed by atoms with Crippen molar-refractivity contribution in [1.82, 2.24) is 9.97 Å². The third kappa shape index (κ3) is 2.31. The molecule has 1 aromatic rings. The van der Waals surface area contributed by atoms with Gasteiger partial charge in [-0.3, -0.25) is 4.79 Å². The van der Waals surface area contributed by atoms with Gasteiger partial charge in [-0.25, -0.2) is 4.98 Å². The van der Waals surface area contributed by atoms with Crippen LogP contribution in [0.1, 0.15) is 24.0 Å². The zero-order valence-electron chi connectivity index (χ0n) is 9.58. The van der Waals surface area contributed by atoms with Crippen LogP contribution in [0.15, 0.2) is 4.79 Å². The monoisotopic (exact) mass is 224 g/mol. The van der Waals surface area contributed by atoms with Crippen LogP contribution in [0.3, 0.4) is 0 Å². The molecule has 1 atom stereocenters. The molecule has 88 valence electrons. The van der Waals surface area contributed by atoms with Gasteiger partial charge in [0.1, 0.15) is 5.82 Å². The van der Waals surface area contributed by atoms with Gasteiger partial charge in [0.25, 0.3) is 5.56 Å². The molecular weight excluding hydrogens is 208 g/mol. The van der Waals surface area contributed by atoms with Crippen molar-refractivity contribution in [3.8, 4) is 0 Å². The molecule has 0 saturated carbocycles. The minimum Gasteiger partial charge on any atom is -0.381 e. The summed E-state index contributed by atoms with van der Waals surface area (Å²) in [5.41, 5.74) is 1.45. The lowest BCUT2D eigenvalue weighted by atomic mass is 10.1. The van der Waals surface area contributed by atoms with Crippen molar-refractivity contribution >= 4 is 0 Å². The molecular formula is C11H16N2O3. The number of hydrogen-bond acceptors (Lipinski definition) is 4. The molecule has 1 unspecified atom stereocenters. The topological polar surface area (TPSA) is 64.2 Å². The van der Waals surface area contributed by atoms with Crippen molar-refractivity contribution < 1.29 is 9.47 Å². The molecule has 0 spiro atoms. The summed E-state index contributed by atoms with van der Waals surface area (Å²) < 4.78 is 10.4. The smallest absolute Gasteiger partial charge is 0.256 e. The van der Waals surface area contributed by atoms with E-state index in [-0.39, 0.29) is 11.7 Å². The van der Waals surface area contributed by atoms with E-state index in [1.807, 2.05) is 6.92 Å². The number of H-pyrrole nitrogens is 1. The first kappa shape index (κ1) is 11.3. The second kappa shape index (κ2) is 4.76. The third-order valence-corrected chi connectivity index (χ3v) is 2.76.